The van der Waals surface area contributed by atoms with Crippen molar-refractivity contribution in [2.45, 2.75) is 32.2 Å². The maximum atomic E-state index is 9.80. The van der Waals surface area contributed by atoms with Gasteiger partial charge in [0.1, 0.15) is 11.5 Å². The topological polar surface area (TPSA) is 41.5 Å². The van der Waals surface area contributed by atoms with Crippen molar-refractivity contribution in [3.05, 3.63) is 53.1 Å². The van der Waals surface area contributed by atoms with Crippen LogP contribution in [-0.2, 0) is 12.8 Å². The van der Waals surface area contributed by atoms with Gasteiger partial charge in [0.25, 0.3) is 0 Å². The van der Waals surface area contributed by atoms with Crippen molar-refractivity contribution in [3.8, 4) is 11.5 Å². The molecule has 2 N–H and O–H groups in total. The lowest BCUT2D eigenvalue weighted by molar-refractivity contribution is 0.413. The van der Waals surface area contributed by atoms with Gasteiger partial charge >= 0.3 is 0 Å². The minimum Gasteiger partial charge on any atom is -0.508 e. The Morgan fingerprint density at radius 1 is 1.14 bits per heavy atom. The molecule has 0 heterocycles. The Balaban J connectivity index is 1.74. The van der Waals surface area contributed by atoms with Crippen LogP contribution in [0.1, 0.15) is 23.1 Å². The highest BCUT2D eigenvalue weighted by molar-refractivity contribution is 5.52. The van der Waals surface area contributed by atoms with Gasteiger partial charge in [0.05, 0.1) is 7.11 Å². The van der Waals surface area contributed by atoms with Gasteiger partial charge < -0.3 is 15.2 Å². The molecule has 3 heteroatoms. The zero-order valence-electron chi connectivity index (χ0n) is 12.5. The van der Waals surface area contributed by atoms with Crippen molar-refractivity contribution >= 4 is 5.69 Å². The molecule has 1 aliphatic carbocycles. The second-order valence-electron chi connectivity index (χ2n) is 5.72. The number of fused-ring (bicyclic) bond motifs is 1. The second-order valence-corrected chi connectivity index (χ2v) is 5.72. The van der Waals surface area contributed by atoms with E-state index in [0.717, 1.165) is 36.3 Å². The van der Waals surface area contributed by atoms with Crippen molar-refractivity contribution in [1.29, 1.82) is 0 Å². The number of aromatic hydroxyl groups is 1. The van der Waals surface area contributed by atoms with Crippen LogP contribution in [0.5, 0.6) is 11.5 Å². The lowest BCUT2D eigenvalue weighted by Crippen LogP contribution is -2.27. The highest BCUT2D eigenvalue weighted by Crippen LogP contribution is 2.28. The van der Waals surface area contributed by atoms with Crippen molar-refractivity contribution in [1.82, 2.24) is 0 Å². The number of benzene rings is 2. The lowest BCUT2D eigenvalue weighted by atomic mass is 9.88. The van der Waals surface area contributed by atoms with E-state index in [-0.39, 0.29) is 0 Å². The van der Waals surface area contributed by atoms with Gasteiger partial charge in [-0.25, -0.2) is 0 Å². The van der Waals surface area contributed by atoms with Gasteiger partial charge in [0.2, 0.25) is 0 Å². The van der Waals surface area contributed by atoms with Crippen LogP contribution in [0, 0.1) is 6.92 Å². The second kappa shape index (κ2) is 5.68. The normalized spacial score (nSPS) is 17.1. The quantitative estimate of drug-likeness (QED) is 0.903. The zero-order valence-corrected chi connectivity index (χ0v) is 12.5. The monoisotopic (exact) mass is 283 g/mol. The van der Waals surface area contributed by atoms with E-state index in [9.17, 15) is 5.11 Å². The van der Waals surface area contributed by atoms with E-state index >= 15 is 0 Å². The van der Waals surface area contributed by atoms with Crippen LogP contribution >= 0.6 is 0 Å². The molecule has 3 nitrogen and oxygen atoms in total. The summed E-state index contributed by atoms with van der Waals surface area (Å²) in [6, 6.07) is 12.5. The van der Waals surface area contributed by atoms with Crippen LogP contribution in [0.2, 0.25) is 0 Å². The van der Waals surface area contributed by atoms with Crippen LogP contribution in [0.3, 0.4) is 0 Å². The van der Waals surface area contributed by atoms with Crippen LogP contribution in [-0.4, -0.2) is 18.3 Å². The van der Waals surface area contributed by atoms with Gasteiger partial charge in [-0.15, -0.1) is 0 Å². The van der Waals surface area contributed by atoms with Gasteiger partial charge in [-0.3, -0.25) is 0 Å². The fourth-order valence-corrected chi connectivity index (χ4v) is 2.92. The summed E-state index contributed by atoms with van der Waals surface area (Å²) < 4.78 is 5.31. The van der Waals surface area contributed by atoms with Crippen LogP contribution in [0.15, 0.2) is 36.4 Å². The number of phenols is 1. The van der Waals surface area contributed by atoms with Crippen molar-refractivity contribution < 1.29 is 9.84 Å². The van der Waals surface area contributed by atoms with Crippen molar-refractivity contribution in [2.24, 2.45) is 0 Å². The predicted octanol–water partition coefficient (Wildman–Crippen LogP) is 3.68. The standard InChI is InChI=1S/C18H21NO2/c1-12-3-6-16(11-18(12)20)19-15-7-4-13-5-8-17(21-2)10-14(13)9-15/h3,5-6,8,10-11,15,19-20H,4,7,9H2,1-2H3. The largest absolute Gasteiger partial charge is 0.508 e. The zero-order chi connectivity index (χ0) is 14.8. The molecule has 0 spiro atoms. The first-order valence-corrected chi connectivity index (χ1v) is 7.37. The van der Waals surface area contributed by atoms with Gasteiger partial charge in [-0.2, -0.15) is 0 Å². The third kappa shape index (κ3) is 2.97. The summed E-state index contributed by atoms with van der Waals surface area (Å²) in [6.45, 7) is 1.91. The third-order valence-corrected chi connectivity index (χ3v) is 4.22. The fraction of sp³-hybridized carbons (Fsp3) is 0.333. The molecule has 0 aromatic heterocycles. The molecule has 3 rings (SSSR count). The van der Waals surface area contributed by atoms with Crippen LogP contribution in [0.25, 0.3) is 0 Å². The highest BCUT2D eigenvalue weighted by Gasteiger charge is 2.19. The first-order chi connectivity index (χ1) is 10.2. The minimum atomic E-state index is 0.345. The number of methoxy groups -OCH3 is 1. The summed E-state index contributed by atoms with van der Waals surface area (Å²) >= 11 is 0. The molecule has 0 saturated carbocycles. The molecule has 0 fully saturated rings. The van der Waals surface area contributed by atoms with Crippen molar-refractivity contribution in [2.75, 3.05) is 12.4 Å². The molecule has 0 bridgehead atoms. The van der Waals surface area contributed by atoms with E-state index in [1.54, 1.807) is 13.2 Å². The summed E-state index contributed by atoms with van der Waals surface area (Å²) in [7, 11) is 1.70. The molecule has 2 aromatic carbocycles. The first-order valence-electron chi connectivity index (χ1n) is 7.37. The third-order valence-electron chi connectivity index (χ3n) is 4.22. The Morgan fingerprint density at radius 3 is 2.76 bits per heavy atom. The number of anilines is 1. The van der Waals surface area contributed by atoms with Gasteiger partial charge in [0, 0.05) is 17.8 Å². The summed E-state index contributed by atoms with van der Waals surface area (Å²) in [4.78, 5) is 0. The smallest absolute Gasteiger partial charge is 0.120 e. The number of ether oxygens (including phenoxy) is 1. The average molecular weight is 283 g/mol. The molecular weight excluding hydrogens is 262 g/mol. The summed E-state index contributed by atoms with van der Waals surface area (Å²) in [5.41, 5.74) is 4.66. The number of nitrogens with one attached hydrogen (secondary N) is 1. The maximum absolute atomic E-state index is 9.80. The molecule has 21 heavy (non-hydrogen) atoms. The number of rotatable bonds is 3. The molecule has 1 atom stereocenters. The van der Waals surface area contributed by atoms with E-state index in [4.69, 9.17) is 4.74 Å². The molecule has 110 valence electrons. The predicted molar refractivity (Wildman–Crippen MR) is 85.3 cm³/mol. The highest BCUT2D eigenvalue weighted by atomic mass is 16.5. The van der Waals surface area contributed by atoms with Gasteiger partial charge in [-0.05, 0) is 61.1 Å². The molecule has 0 saturated heterocycles. The first kappa shape index (κ1) is 13.8. The molecule has 1 unspecified atom stereocenters. The van der Waals surface area contributed by atoms with Crippen molar-refractivity contribution in [3.63, 3.8) is 0 Å². The molecule has 0 amide bonds. The molecular formula is C18H21NO2. The SMILES string of the molecule is COc1ccc2c(c1)CC(Nc1ccc(C)c(O)c1)CC2. The Labute approximate surface area is 125 Å². The van der Waals surface area contributed by atoms with E-state index in [0.29, 0.717) is 11.8 Å². The molecule has 0 aliphatic heterocycles. The molecule has 2 aromatic rings. The average Bonchev–Trinajstić information content (AvgIpc) is 2.50. The number of hydrogen-bond acceptors (Lipinski definition) is 3. The number of aryl methyl sites for hydroxylation is 2. The van der Waals surface area contributed by atoms with E-state index < -0.39 is 0 Å². The Hall–Kier alpha value is -2.16. The lowest BCUT2D eigenvalue weighted by Gasteiger charge is -2.27. The fourth-order valence-electron chi connectivity index (χ4n) is 2.92. The molecule has 0 radical (unpaired) electrons. The summed E-state index contributed by atoms with van der Waals surface area (Å²) in [5, 5.41) is 13.3. The number of phenolic OH excluding ortho intramolecular Hbond substituents is 1. The summed E-state index contributed by atoms with van der Waals surface area (Å²) in [6.07, 6.45) is 3.17. The maximum Gasteiger partial charge on any atom is 0.120 e. The summed E-state index contributed by atoms with van der Waals surface area (Å²) in [5.74, 6) is 1.26. The molecule has 1 aliphatic rings. The van der Waals surface area contributed by atoms with Crippen LogP contribution < -0.4 is 10.1 Å². The number of hydrogen-bond donors (Lipinski definition) is 2. The van der Waals surface area contributed by atoms with Crippen LogP contribution in [0.4, 0.5) is 5.69 Å². The van der Waals surface area contributed by atoms with E-state index in [1.165, 1.54) is 11.1 Å². The van der Waals surface area contributed by atoms with Gasteiger partial charge in [0.15, 0.2) is 0 Å². The Morgan fingerprint density at radius 2 is 2.00 bits per heavy atom. The Kier molecular flexibility index (Phi) is 3.74. The van der Waals surface area contributed by atoms with E-state index in [2.05, 4.69) is 17.4 Å². The Bertz CT molecular complexity index is 652. The van der Waals surface area contributed by atoms with E-state index in [1.807, 2.05) is 25.1 Å². The van der Waals surface area contributed by atoms with Gasteiger partial charge in [-0.1, -0.05) is 12.1 Å². The minimum absolute atomic E-state index is 0.345.